The molecule has 0 bridgehead atoms. The maximum atomic E-state index is 13.5. The first-order valence-electron chi connectivity index (χ1n) is 13.9. The minimum absolute atomic E-state index is 0.0240. The summed E-state index contributed by atoms with van der Waals surface area (Å²) in [4.78, 5) is 30.9. The van der Waals surface area contributed by atoms with E-state index in [0.717, 1.165) is 48.9 Å². The predicted octanol–water partition coefficient (Wildman–Crippen LogP) is 6.04. The van der Waals surface area contributed by atoms with Gasteiger partial charge in [-0.05, 0) is 68.6 Å². The van der Waals surface area contributed by atoms with Crippen molar-refractivity contribution in [2.75, 3.05) is 27.2 Å². The van der Waals surface area contributed by atoms with Crippen molar-refractivity contribution in [3.63, 3.8) is 0 Å². The number of benzene rings is 3. The number of nitrogens with one attached hydrogen (secondary N) is 1. The molecule has 0 spiro atoms. The van der Waals surface area contributed by atoms with Crippen LogP contribution in [0.15, 0.2) is 84.9 Å². The Bertz CT molecular complexity index is 1160. The molecule has 0 radical (unpaired) electrons. The van der Waals surface area contributed by atoms with Crippen molar-refractivity contribution in [2.24, 2.45) is 5.92 Å². The van der Waals surface area contributed by atoms with Crippen LogP contribution in [0.4, 0.5) is 0 Å². The minimum atomic E-state index is -0.0499. The fraction of sp³-hybridized carbons (Fsp3) is 0.394. The maximum absolute atomic E-state index is 13.5. The Morgan fingerprint density at radius 2 is 1.47 bits per heavy atom. The van der Waals surface area contributed by atoms with Gasteiger partial charge in [-0.15, -0.1) is 0 Å². The Labute approximate surface area is 227 Å². The number of carbonyl (C=O) groups excluding carboxylic acids is 2. The average Bonchev–Trinajstić information content (AvgIpc) is 2.96. The highest BCUT2D eigenvalue weighted by Crippen LogP contribution is 2.38. The summed E-state index contributed by atoms with van der Waals surface area (Å²) in [6.07, 6.45) is 4.09. The summed E-state index contributed by atoms with van der Waals surface area (Å²) in [5.41, 5.74) is 4.08. The van der Waals surface area contributed by atoms with Gasteiger partial charge in [0.05, 0.1) is 6.04 Å². The zero-order valence-corrected chi connectivity index (χ0v) is 23.0. The van der Waals surface area contributed by atoms with Gasteiger partial charge in [0.25, 0.3) is 5.91 Å². The average molecular weight is 512 g/mol. The van der Waals surface area contributed by atoms with Gasteiger partial charge in [0.1, 0.15) is 0 Å². The van der Waals surface area contributed by atoms with Crippen LogP contribution < -0.4 is 5.32 Å². The van der Waals surface area contributed by atoms with E-state index < -0.39 is 0 Å². The fourth-order valence-electron chi connectivity index (χ4n) is 5.42. The van der Waals surface area contributed by atoms with Crippen molar-refractivity contribution in [3.05, 3.63) is 107 Å². The van der Waals surface area contributed by atoms with Crippen LogP contribution in [0.5, 0.6) is 0 Å². The normalized spacial score (nSPS) is 18.1. The second kappa shape index (κ2) is 13.4. The van der Waals surface area contributed by atoms with Gasteiger partial charge >= 0.3 is 0 Å². The highest BCUT2D eigenvalue weighted by molar-refractivity contribution is 5.94. The molecule has 3 aromatic rings. The molecule has 2 amide bonds. The third kappa shape index (κ3) is 7.32. The second-order valence-corrected chi connectivity index (χ2v) is 10.8. The van der Waals surface area contributed by atoms with Gasteiger partial charge in [-0.2, -0.15) is 0 Å². The summed E-state index contributed by atoms with van der Waals surface area (Å²) in [6, 6.07) is 28.3. The van der Waals surface area contributed by atoms with Crippen LogP contribution in [0.1, 0.15) is 71.6 Å². The number of hydrogen-bond acceptors (Lipinski definition) is 3. The van der Waals surface area contributed by atoms with Crippen LogP contribution in [0.25, 0.3) is 0 Å². The summed E-state index contributed by atoms with van der Waals surface area (Å²) < 4.78 is 0. The molecule has 0 saturated heterocycles. The molecular formula is C33H41N3O2. The smallest absolute Gasteiger partial charge is 0.254 e. The first-order valence-corrected chi connectivity index (χ1v) is 13.9. The molecule has 1 aliphatic rings. The Morgan fingerprint density at radius 3 is 2.13 bits per heavy atom. The first-order chi connectivity index (χ1) is 18.4. The van der Waals surface area contributed by atoms with Crippen molar-refractivity contribution < 1.29 is 9.59 Å². The van der Waals surface area contributed by atoms with E-state index in [0.29, 0.717) is 18.7 Å². The number of carbonyl (C=O) groups is 2. The first kappa shape index (κ1) is 27.6. The van der Waals surface area contributed by atoms with Crippen LogP contribution in [-0.4, -0.2) is 48.8 Å². The van der Waals surface area contributed by atoms with E-state index in [4.69, 9.17) is 0 Å². The SMILES string of the molecule is C[C@H](NC(=O)[C@H]1CCCC[C@@H]1c1ccc(C(=O)N(CCN(C)C)Cc2ccccc2)cc1)c1ccccc1. The molecule has 1 N–H and O–H groups in total. The number of hydrogen-bond donors (Lipinski definition) is 1. The Balaban J connectivity index is 1.46. The van der Waals surface area contributed by atoms with Crippen LogP contribution in [0, 0.1) is 5.92 Å². The van der Waals surface area contributed by atoms with Gasteiger partial charge in [-0.3, -0.25) is 9.59 Å². The highest BCUT2D eigenvalue weighted by atomic mass is 16.2. The van der Waals surface area contributed by atoms with Gasteiger partial charge in [0.2, 0.25) is 5.91 Å². The molecule has 200 valence electrons. The lowest BCUT2D eigenvalue weighted by atomic mass is 9.74. The molecule has 0 aromatic heterocycles. The molecular weight excluding hydrogens is 470 g/mol. The topological polar surface area (TPSA) is 52.7 Å². The Hall–Kier alpha value is -3.44. The quantitative estimate of drug-likeness (QED) is 0.361. The van der Waals surface area contributed by atoms with E-state index in [-0.39, 0.29) is 29.7 Å². The molecule has 1 aliphatic carbocycles. The van der Waals surface area contributed by atoms with Crippen LogP contribution >= 0.6 is 0 Å². The molecule has 3 aromatic carbocycles. The van der Waals surface area contributed by atoms with Gasteiger partial charge < -0.3 is 15.1 Å². The molecule has 0 unspecified atom stereocenters. The van der Waals surface area contributed by atoms with E-state index in [9.17, 15) is 9.59 Å². The standard InChI is InChI=1S/C33H41N3O2/c1-25(27-14-8-5-9-15-27)34-32(37)31-17-11-10-16-30(31)28-18-20-29(21-19-28)33(38)36(23-22-35(2)3)24-26-12-6-4-7-13-26/h4-9,12-15,18-21,25,30-31H,10-11,16-17,22-24H2,1-3H3,(H,34,37)/t25-,30+,31-/m0/s1. The van der Waals surface area contributed by atoms with Crippen molar-refractivity contribution in [2.45, 2.75) is 51.1 Å². The number of nitrogens with zero attached hydrogens (tertiary/aromatic N) is 2. The van der Waals surface area contributed by atoms with Crippen molar-refractivity contribution in [1.29, 1.82) is 0 Å². The highest BCUT2D eigenvalue weighted by Gasteiger charge is 2.32. The number of rotatable bonds is 10. The third-order valence-corrected chi connectivity index (χ3v) is 7.67. The molecule has 0 heterocycles. The lowest BCUT2D eigenvalue weighted by Crippen LogP contribution is -2.37. The molecule has 3 atom stereocenters. The van der Waals surface area contributed by atoms with E-state index in [1.807, 2.05) is 74.4 Å². The summed E-state index contributed by atoms with van der Waals surface area (Å²) in [5.74, 6) is 0.289. The van der Waals surface area contributed by atoms with E-state index in [2.05, 4.69) is 46.6 Å². The molecule has 5 heteroatoms. The van der Waals surface area contributed by atoms with Crippen molar-refractivity contribution >= 4 is 11.8 Å². The van der Waals surface area contributed by atoms with Crippen LogP contribution in [0.2, 0.25) is 0 Å². The van der Waals surface area contributed by atoms with Crippen molar-refractivity contribution in [1.82, 2.24) is 15.1 Å². The largest absolute Gasteiger partial charge is 0.349 e. The maximum Gasteiger partial charge on any atom is 0.254 e. The third-order valence-electron chi connectivity index (χ3n) is 7.67. The molecule has 4 rings (SSSR count). The zero-order chi connectivity index (χ0) is 26.9. The lowest BCUT2D eigenvalue weighted by molar-refractivity contribution is -0.127. The monoisotopic (exact) mass is 511 g/mol. The Kier molecular flexibility index (Phi) is 9.72. The zero-order valence-electron chi connectivity index (χ0n) is 23.0. The molecule has 5 nitrogen and oxygen atoms in total. The molecule has 1 saturated carbocycles. The van der Waals surface area contributed by atoms with Crippen molar-refractivity contribution in [3.8, 4) is 0 Å². The fourth-order valence-corrected chi connectivity index (χ4v) is 5.42. The van der Waals surface area contributed by atoms with Crippen LogP contribution in [0.3, 0.4) is 0 Å². The summed E-state index contributed by atoms with van der Waals surface area (Å²) >= 11 is 0. The molecule has 38 heavy (non-hydrogen) atoms. The van der Waals surface area contributed by atoms with Gasteiger partial charge in [0, 0.05) is 31.1 Å². The van der Waals surface area contributed by atoms with Gasteiger partial charge in [-0.25, -0.2) is 0 Å². The summed E-state index contributed by atoms with van der Waals surface area (Å²) in [7, 11) is 4.05. The van der Waals surface area contributed by atoms with E-state index in [1.165, 1.54) is 0 Å². The summed E-state index contributed by atoms with van der Waals surface area (Å²) in [5, 5.41) is 3.25. The lowest BCUT2D eigenvalue weighted by Gasteiger charge is -2.32. The summed E-state index contributed by atoms with van der Waals surface area (Å²) in [6.45, 7) is 4.09. The van der Waals surface area contributed by atoms with Gasteiger partial charge in [-0.1, -0.05) is 85.6 Å². The number of likely N-dealkylation sites (N-methyl/N-ethyl adjacent to an activating group) is 1. The van der Waals surface area contributed by atoms with E-state index >= 15 is 0 Å². The Morgan fingerprint density at radius 1 is 0.842 bits per heavy atom. The molecule has 1 fully saturated rings. The second-order valence-electron chi connectivity index (χ2n) is 10.8. The minimum Gasteiger partial charge on any atom is -0.349 e. The number of amides is 2. The molecule has 0 aliphatic heterocycles. The van der Waals surface area contributed by atoms with E-state index in [1.54, 1.807) is 0 Å². The van der Waals surface area contributed by atoms with Crippen LogP contribution in [-0.2, 0) is 11.3 Å². The predicted molar refractivity (Wildman–Crippen MR) is 154 cm³/mol. The van der Waals surface area contributed by atoms with Gasteiger partial charge in [0.15, 0.2) is 0 Å².